The van der Waals surface area contributed by atoms with Crippen LogP contribution in [0.15, 0.2) is 18.2 Å². The van der Waals surface area contributed by atoms with Gasteiger partial charge in [0, 0.05) is 19.1 Å². The molecule has 0 heterocycles. The van der Waals surface area contributed by atoms with Crippen molar-refractivity contribution in [2.75, 3.05) is 19.0 Å². The zero-order valence-electron chi connectivity index (χ0n) is 12.5. The van der Waals surface area contributed by atoms with Gasteiger partial charge in [0.2, 0.25) is 0 Å². The van der Waals surface area contributed by atoms with Crippen LogP contribution in [0.1, 0.15) is 32.3 Å². The summed E-state index contributed by atoms with van der Waals surface area (Å²) < 4.78 is 5.26. The minimum atomic E-state index is -0.901. The molecule has 0 fully saturated rings. The monoisotopic (exact) mass is 309 g/mol. The molecular weight excluding hydrogens is 290 g/mol. The highest BCUT2D eigenvalue weighted by Gasteiger charge is 2.31. The van der Waals surface area contributed by atoms with Gasteiger partial charge in [-0.05, 0) is 31.5 Å². The van der Waals surface area contributed by atoms with Crippen LogP contribution in [0.4, 0.5) is 5.69 Å². The molecule has 0 spiro atoms. The first-order chi connectivity index (χ1) is 9.96. The molecular formula is C16H20ClNO3. The van der Waals surface area contributed by atoms with Gasteiger partial charge in [-0.2, -0.15) is 0 Å². The summed E-state index contributed by atoms with van der Waals surface area (Å²) in [4.78, 5) is 12.3. The number of hydrogen-bond donors (Lipinski definition) is 2. The third kappa shape index (κ3) is 4.75. The molecule has 2 N–H and O–H groups in total. The maximum Gasteiger partial charge on any atom is 0.256 e. The predicted octanol–water partition coefficient (Wildman–Crippen LogP) is 2.83. The smallest absolute Gasteiger partial charge is 0.256 e. The van der Waals surface area contributed by atoms with E-state index < -0.39 is 5.60 Å². The van der Waals surface area contributed by atoms with Crippen LogP contribution >= 0.6 is 11.6 Å². The molecule has 0 saturated carbocycles. The first kappa shape index (κ1) is 17.5. The zero-order chi connectivity index (χ0) is 15.9. The third-order valence-corrected chi connectivity index (χ3v) is 3.62. The van der Waals surface area contributed by atoms with Gasteiger partial charge in [0.25, 0.3) is 5.91 Å². The van der Waals surface area contributed by atoms with Crippen molar-refractivity contribution in [2.24, 2.45) is 0 Å². The number of benzene rings is 1. The fourth-order valence-electron chi connectivity index (χ4n) is 1.57. The molecule has 1 aromatic rings. The van der Waals surface area contributed by atoms with E-state index in [1.807, 2.05) is 6.92 Å². The minimum Gasteiger partial charge on any atom is -0.395 e. The number of hydrogen-bond acceptors (Lipinski definition) is 3. The molecule has 0 radical (unpaired) electrons. The Morgan fingerprint density at radius 1 is 1.52 bits per heavy atom. The number of ether oxygens (including phenoxy) is 1. The highest BCUT2D eigenvalue weighted by Crippen LogP contribution is 2.25. The number of nitrogens with one attached hydrogen (secondary N) is 1. The molecule has 0 aliphatic carbocycles. The summed E-state index contributed by atoms with van der Waals surface area (Å²) in [5, 5.41) is 11.9. The summed E-state index contributed by atoms with van der Waals surface area (Å²) in [5.74, 6) is 5.47. The van der Waals surface area contributed by atoms with E-state index in [2.05, 4.69) is 17.2 Å². The molecule has 1 aromatic carbocycles. The van der Waals surface area contributed by atoms with Crippen molar-refractivity contribution in [2.45, 2.75) is 32.3 Å². The number of amides is 1. The molecule has 114 valence electrons. The van der Waals surface area contributed by atoms with Gasteiger partial charge in [0.1, 0.15) is 5.60 Å². The van der Waals surface area contributed by atoms with E-state index in [4.69, 9.17) is 21.4 Å². The van der Waals surface area contributed by atoms with E-state index in [0.29, 0.717) is 23.6 Å². The normalized spacial score (nSPS) is 13.0. The van der Waals surface area contributed by atoms with Crippen LogP contribution in [-0.2, 0) is 9.53 Å². The Hall–Kier alpha value is -1.54. The lowest BCUT2D eigenvalue weighted by Crippen LogP contribution is -2.41. The summed E-state index contributed by atoms with van der Waals surface area (Å²) in [6.45, 7) is 3.62. The quantitative estimate of drug-likeness (QED) is 0.822. The second kappa shape index (κ2) is 8.04. The van der Waals surface area contributed by atoms with E-state index in [0.717, 1.165) is 5.56 Å². The number of carbonyl (C=O) groups excluding carboxylic acids is 1. The molecule has 0 aliphatic heterocycles. The molecule has 0 aliphatic rings. The van der Waals surface area contributed by atoms with Crippen LogP contribution < -0.4 is 5.32 Å². The van der Waals surface area contributed by atoms with E-state index in [1.165, 1.54) is 7.11 Å². The van der Waals surface area contributed by atoms with Crippen molar-refractivity contribution < 1.29 is 14.6 Å². The Labute approximate surface area is 130 Å². The fraction of sp³-hybridized carbons (Fsp3) is 0.438. The van der Waals surface area contributed by atoms with Gasteiger partial charge in [-0.1, -0.05) is 30.4 Å². The first-order valence-electron chi connectivity index (χ1n) is 6.72. The van der Waals surface area contributed by atoms with Gasteiger partial charge >= 0.3 is 0 Å². The Bertz CT molecular complexity index is 556. The Morgan fingerprint density at radius 2 is 2.24 bits per heavy atom. The zero-order valence-corrected chi connectivity index (χ0v) is 13.3. The number of anilines is 1. The van der Waals surface area contributed by atoms with Crippen LogP contribution in [0.5, 0.6) is 0 Å². The van der Waals surface area contributed by atoms with Crippen molar-refractivity contribution in [1.82, 2.24) is 0 Å². The average Bonchev–Trinajstić information content (AvgIpc) is 2.49. The van der Waals surface area contributed by atoms with Gasteiger partial charge in [0.05, 0.1) is 17.3 Å². The molecule has 4 nitrogen and oxygen atoms in total. The van der Waals surface area contributed by atoms with Gasteiger partial charge in [0.15, 0.2) is 0 Å². The van der Waals surface area contributed by atoms with Gasteiger partial charge in [-0.25, -0.2) is 0 Å². The van der Waals surface area contributed by atoms with E-state index >= 15 is 0 Å². The van der Waals surface area contributed by atoms with E-state index in [9.17, 15) is 4.79 Å². The van der Waals surface area contributed by atoms with Crippen LogP contribution in [0, 0.1) is 11.8 Å². The lowest BCUT2D eigenvalue weighted by molar-refractivity contribution is -0.136. The molecule has 1 unspecified atom stereocenters. The molecule has 5 heteroatoms. The van der Waals surface area contributed by atoms with Crippen molar-refractivity contribution >= 4 is 23.2 Å². The molecule has 21 heavy (non-hydrogen) atoms. The van der Waals surface area contributed by atoms with Crippen LogP contribution in [0.3, 0.4) is 0 Å². The number of halogens is 1. The lowest BCUT2D eigenvalue weighted by Gasteiger charge is -2.25. The lowest BCUT2D eigenvalue weighted by atomic mass is 10.0. The van der Waals surface area contributed by atoms with E-state index in [1.54, 1.807) is 25.1 Å². The number of aliphatic hydroxyl groups excluding tert-OH is 1. The van der Waals surface area contributed by atoms with Crippen LogP contribution in [-0.4, -0.2) is 30.3 Å². The highest BCUT2D eigenvalue weighted by molar-refractivity contribution is 6.33. The Morgan fingerprint density at radius 3 is 2.81 bits per heavy atom. The van der Waals surface area contributed by atoms with Crippen molar-refractivity contribution in [3.05, 3.63) is 28.8 Å². The van der Waals surface area contributed by atoms with Crippen molar-refractivity contribution in [1.29, 1.82) is 0 Å². The third-order valence-electron chi connectivity index (χ3n) is 3.29. The van der Waals surface area contributed by atoms with Gasteiger partial charge < -0.3 is 15.2 Å². The molecule has 0 aromatic heterocycles. The molecule has 1 rings (SSSR count). The number of methoxy groups -OCH3 is 1. The molecule has 0 saturated heterocycles. The van der Waals surface area contributed by atoms with Crippen LogP contribution in [0.25, 0.3) is 0 Å². The Kier molecular flexibility index (Phi) is 6.70. The largest absolute Gasteiger partial charge is 0.395 e. The fourth-order valence-corrected chi connectivity index (χ4v) is 1.74. The van der Waals surface area contributed by atoms with Crippen molar-refractivity contribution in [3.63, 3.8) is 0 Å². The maximum atomic E-state index is 12.3. The van der Waals surface area contributed by atoms with Crippen LogP contribution in [0.2, 0.25) is 5.02 Å². The number of rotatable bonds is 5. The highest BCUT2D eigenvalue weighted by atomic mass is 35.5. The van der Waals surface area contributed by atoms with Crippen molar-refractivity contribution in [3.8, 4) is 11.8 Å². The minimum absolute atomic E-state index is 0.0207. The second-order valence-electron chi connectivity index (χ2n) is 4.71. The standard InChI is InChI=1S/C16H20ClNO3/c1-4-16(2,21-3)15(20)18-14-11-12(7-5-6-10-19)8-9-13(14)17/h8-9,11,19H,4,6,10H2,1-3H3,(H,18,20). The second-order valence-corrected chi connectivity index (χ2v) is 5.12. The number of carbonyl (C=O) groups is 1. The topological polar surface area (TPSA) is 58.6 Å². The molecule has 1 atom stereocenters. The Balaban J connectivity index is 2.96. The molecule has 1 amide bonds. The predicted molar refractivity (Wildman–Crippen MR) is 84.4 cm³/mol. The number of aliphatic hydroxyl groups is 1. The first-order valence-corrected chi connectivity index (χ1v) is 7.10. The SMILES string of the molecule is CCC(C)(OC)C(=O)Nc1cc(C#CCCO)ccc1Cl. The average molecular weight is 310 g/mol. The summed E-state index contributed by atoms with van der Waals surface area (Å²) in [6, 6.07) is 5.14. The summed E-state index contributed by atoms with van der Waals surface area (Å²) in [6.07, 6.45) is 0.949. The van der Waals surface area contributed by atoms with Gasteiger partial charge in [-0.15, -0.1) is 0 Å². The van der Waals surface area contributed by atoms with E-state index in [-0.39, 0.29) is 12.5 Å². The summed E-state index contributed by atoms with van der Waals surface area (Å²) >= 11 is 6.09. The van der Waals surface area contributed by atoms with Gasteiger partial charge in [-0.3, -0.25) is 4.79 Å². The summed E-state index contributed by atoms with van der Waals surface area (Å²) in [5.41, 5.74) is 0.315. The maximum absolute atomic E-state index is 12.3. The summed E-state index contributed by atoms with van der Waals surface area (Å²) in [7, 11) is 1.50. The molecule has 0 bridgehead atoms.